The zero-order valence-corrected chi connectivity index (χ0v) is 11.2. The Balaban J connectivity index is 1.98. The van der Waals surface area contributed by atoms with Crippen LogP contribution in [0.15, 0.2) is 18.2 Å². The molecular weight excluding hydrogens is 210 g/mol. The number of nitrogens with zero attached hydrogens (tertiary/aromatic N) is 1. The van der Waals surface area contributed by atoms with Gasteiger partial charge in [-0.1, -0.05) is 23.8 Å². The van der Waals surface area contributed by atoms with Crippen LogP contribution in [0, 0.1) is 19.3 Å². The molecule has 0 atom stereocenters. The van der Waals surface area contributed by atoms with Crippen molar-refractivity contribution in [2.45, 2.75) is 33.2 Å². The second kappa shape index (κ2) is 4.79. The van der Waals surface area contributed by atoms with E-state index in [2.05, 4.69) is 44.0 Å². The lowest BCUT2D eigenvalue weighted by Gasteiger charge is -2.23. The van der Waals surface area contributed by atoms with Gasteiger partial charge in [0.05, 0.1) is 0 Å². The summed E-state index contributed by atoms with van der Waals surface area (Å²) in [6, 6.07) is 6.62. The van der Waals surface area contributed by atoms with E-state index in [-0.39, 0.29) is 5.41 Å². The number of rotatable bonds is 5. The quantitative estimate of drug-likeness (QED) is 0.844. The van der Waals surface area contributed by atoms with Crippen LogP contribution in [-0.2, 0) is 6.54 Å². The van der Waals surface area contributed by atoms with E-state index in [1.54, 1.807) is 0 Å². The van der Waals surface area contributed by atoms with Crippen molar-refractivity contribution in [3.63, 3.8) is 0 Å². The van der Waals surface area contributed by atoms with Crippen molar-refractivity contribution >= 4 is 0 Å². The molecule has 0 amide bonds. The number of hydrogen-bond acceptors (Lipinski definition) is 2. The van der Waals surface area contributed by atoms with Gasteiger partial charge in [-0.25, -0.2) is 0 Å². The van der Waals surface area contributed by atoms with Crippen LogP contribution in [-0.4, -0.2) is 30.2 Å². The predicted molar refractivity (Wildman–Crippen MR) is 71.0 cm³/mol. The van der Waals surface area contributed by atoms with Crippen molar-refractivity contribution in [3.8, 4) is 0 Å². The summed E-state index contributed by atoms with van der Waals surface area (Å²) in [7, 11) is 2.15. The molecule has 1 saturated carbocycles. The topological polar surface area (TPSA) is 23.5 Å². The molecule has 0 bridgehead atoms. The lowest BCUT2D eigenvalue weighted by molar-refractivity contribution is 0.161. The average Bonchev–Trinajstić information content (AvgIpc) is 3.04. The standard InChI is InChI=1S/C15H23NO/c1-12-4-5-13(2)14(8-12)9-16(3)10-15(11-17)6-7-15/h4-5,8,17H,6-7,9-11H2,1-3H3. The summed E-state index contributed by atoms with van der Waals surface area (Å²) in [5.41, 5.74) is 4.30. The highest BCUT2D eigenvalue weighted by atomic mass is 16.3. The molecule has 0 saturated heterocycles. The highest BCUT2D eigenvalue weighted by molar-refractivity contribution is 5.30. The molecule has 2 rings (SSSR count). The van der Waals surface area contributed by atoms with Gasteiger partial charge in [-0.3, -0.25) is 0 Å². The minimum atomic E-state index is 0.215. The van der Waals surface area contributed by atoms with Crippen molar-refractivity contribution in [1.82, 2.24) is 4.90 Å². The van der Waals surface area contributed by atoms with Crippen molar-refractivity contribution < 1.29 is 5.11 Å². The SMILES string of the molecule is Cc1ccc(C)c(CN(C)CC2(CO)CC2)c1. The second-order valence-corrected chi connectivity index (χ2v) is 5.76. The van der Waals surface area contributed by atoms with Gasteiger partial charge in [-0.15, -0.1) is 0 Å². The molecule has 1 aliphatic carbocycles. The molecule has 1 fully saturated rings. The highest BCUT2D eigenvalue weighted by Crippen LogP contribution is 2.45. The summed E-state index contributed by atoms with van der Waals surface area (Å²) in [5.74, 6) is 0. The molecule has 0 heterocycles. The van der Waals surface area contributed by atoms with E-state index in [4.69, 9.17) is 0 Å². The third-order valence-electron chi connectivity index (χ3n) is 3.84. The third kappa shape index (κ3) is 3.08. The minimum Gasteiger partial charge on any atom is -0.396 e. The van der Waals surface area contributed by atoms with Gasteiger partial charge in [0.2, 0.25) is 0 Å². The molecule has 0 radical (unpaired) electrons. The van der Waals surface area contributed by atoms with Gasteiger partial charge in [-0.2, -0.15) is 0 Å². The van der Waals surface area contributed by atoms with Crippen LogP contribution in [0.2, 0.25) is 0 Å². The molecule has 1 aromatic rings. The monoisotopic (exact) mass is 233 g/mol. The fourth-order valence-electron chi connectivity index (χ4n) is 2.43. The molecule has 0 aromatic heterocycles. The van der Waals surface area contributed by atoms with E-state index in [1.807, 2.05) is 0 Å². The van der Waals surface area contributed by atoms with E-state index in [0.717, 1.165) is 13.1 Å². The average molecular weight is 233 g/mol. The van der Waals surface area contributed by atoms with Gasteiger partial charge in [0.25, 0.3) is 0 Å². The zero-order chi connectivity index (χ0) is 12.5. The Morgan fingerprint density at radius 1 is 1.29 bits per heavy atom. The van der Waals surface area contributed by atoms with Crippen LogP contribution >= 0.6 is 0 Å². The summed E-state index contributed by atoms with van der Waals surface area (Å²) < 4.78 is 0. The fourth-order valence-corrected chi connectivity index (χ4v) is 2.43. The Morgan fingerprint density at radius 3 is 2.59 bits per heavy atom. The van der Waals surface area contributed by atoms with Gasteiger partial charge >= 0.3 is 0 Å². The van der Waals surface area contributed by atoms with Crippen LogP contribution in [0.5, 0.6) is 0 Å². The summed E-state index contributed by atoms with van der Waals surface area (Å²) in [4.78, 5) is 2.34. The number of aliphatic hydroxyl groups is 1. The maximum atomic E-state index is 9.34. The van der Waals surface area contributed by atoms with Gasteiger partial charge in [0.15, 0.2) is 0 Å². The van der Waals surface area contributed by atoms with E-state index < -0.39 is 0 Å². The summed E-state index contributed by atoms with van der Waals surface area (Å²) in [6.45, 7) is 6.64. The second-order valence-electron chi connectivity index (χ2n) is 5.76. The lowest BCUT2D eigenvalue weighted by atomic mass is 10.0. The van der Waals surface area contributed by atoms with Crippen molar-refractivity contribution in [2.24, 2.45) is 5.41 Å². The normalized spacial score (nSPS) is 17.5. The largest absolute Gasteiger partial charge is 0.396 e. The first-order chi connectivity index (χ1) is 8.04. The molecule has 1 aliphatic rings. The van der Waals surface area contributed by atoms with Gasteiger partial charge in [0.1, 0.15) is 0 Å². The Labute approximate surface area is 104 Å². The molecular formula is C15H23NO. The molecule has 2 nitrogen and oxygen atoms in total. The van der Waals surface area contributed by atoms with Crippen LogP contribution in [0.3, 0.4) is 0 Å². The first-order valence-electron chi connectivity index (χ1n) is 6.40. The number of aliphatic hydroxyl groups excluding tert-OH is 1. The Kier molecular flexibility index (Phi) is 3.55. The molecule has 0 aliphatic heterocycles. The van der Waals surface area contributed by atoms with E-state index in [0.29, 0.717) is 6.61 Å². The Morgan fingerprint density at radius 2 is 2.00 bits per heavy atom. The Hall–Kier alpha value is -0.860. The highest BCUT2D eigenvalue weighted by Gasteiger charge is 2.42. The van der Waals surface area contributed by atoms with Crippen LogP contribution in [0.1, 0.15) is 29.5 Å². The zero-order valence-electron chi connectivity index (χ0n) is 11.2. The fraction of sp³-hybridized carbons (Fsp3) is 0.600. The van der Waals surface area contributed by atoms with Gasteiger partial charge in [-0.05, 0) is 44.9 Å². The predicted octanol–water partition coefficient (Wildman–Crippen LogP) is 2.51. The van der Waals surface area contributed by atoms with Crippen molar-refractivity contribution in [1.29, 1.82) is 0 Å². The maximum Gasteiger partial charge on any atom is 0.0499 e. The smallest absolute Gasteiger partial charge is 0.0499 e. The molecule has 0 spiro atoms. The van der Waals surface area contributed by atoms with E-state index in [1.165, 1.54) is 29.5 Å². The summed E-state index contributed by atoms with van der Waals surface area (Å²) in [6.07, 6.45) is 2.36. The molecule has 1 N–H and O–H groups in total. The van der Waals surface area contributed by atoms with Crippen molar-refractivity contribution in [2.75, 3.05) is 20.2 Å². The minimum absolute atomic E-state index is 0.215. The summed E-state index contributed by atoms with van der Waals surface area (Å²) >= 11 is 0. The molecule has 2 heteroatoms. The first kappa shape index (κ1) is 12.6. The number of hydrogen-bond donors (Lipinski definition) is 1. The van der Waals surface area contributed by atoms with E-state index in [9.17, 15) is 5.11 Å². The third-order valence-corrected chi connectivity index (χ3v) is 3.84. The van der Waals surface area contributed by atoms with Gasteiger partial charge in [0, 0.05) is 25.1 Å². The van der Waals surface area contributed by atoms with Gasteiger partial charge < -0.3 is 10.0 Å². The van der Waals surface area contributed by atoms with Crippen LogP contribution in [0.25, 0.3) is 0 Å². The number of aryl methyl sites for hydroxylation is 2. The van der Waals surface area contributed by atoms with Crippen LogP contribution in [0.4, 0.5) is 0 Å². The lowest BCUT2D eigenvalue weighted by Crippen LogP contribution is -2.28. The first-order valence-corrected chi connectivity index (χ1v) is 6.40. The number of benzene rings is 1. The Bertz CT molecular complexity index is 396. The molecule has 1 aromatic carbocycles. The van der Waals surface area contributed by atoms with Crippen LogP contribution < -0.4 is 0 Å². The molecule has 94 valence electrons. The summed E-state index contributed by atoms with van der Waals surface area (Å²) in [5, 5.41) is 9.34. The molecule has 17 heavy (non-hydrogen) atoms. The molecule has 0 unspecified atom stereocenters. The maximum absolute atomic E-state index is 9.34. The van der Waals surface area contributed by atoms with E-state index >= 15 is 0 Å². The van der Waals surface area contributed by atoms with Crippen molar-refractivity contribution in [3.05, 3.63) is 34.9 Å².